The third kappa shape index (κ3) is 4.83. The summed E-state index contributed by atoms with van der Waals surface area (Å²) in [7, 11) is 0. The smallest absolute Gasteiger partial charge is 0.143 e. The molecule has 0 bridgehead atoms. The van der Waals surface area contributed by atoms with Crippen LogP contribution < -0.4 is 4.90 Å². The molecular weight excluding hydrogens is 583 g/mol. The third-order valence-electron chi connectivity index (χ3n) is 9.28. The van der Waals surface area contributed by atoms with Gasteiger partial charge in [-0.15, -0.1) is 0 Å². The number of para-hydroxylation sites is 1. The van der Waals surface area contributed by atoms with E-state index in [4.69, 9.17) is 4.42 Å². The number of hydrogen-bond acceptors (Lipinski definition) is 2. The van der Waals surface area contributed by atoms with Crippen LogP contribution in [0.4, 0.5) is 17.1 Å². The van der Waals surface area contributed by atoms with Gasteiger partial charge < -0.3 is 9.32 Å². The first-order valence-electron chi connectivity index (χ1n) is 16.4. The summed E-state index contributed by atoms with van der Waals surface area (Å²) in [5.74, 6) is 0. The van der Waals surface area contributed by atoms with Crippen molar-refractivity contribution in [2.24, 2.45) is 0 Å². The summed E-state index contributed by atoms with van der Waals surface area (Å²) in [4.78, 5) is 2.38. The minimum atomic E-state index is 0.905. The fourth-order valence-corrected chi connectivity index (χ4v) is 6.98. The Morgan fingerprint density at radius 1 is 0.333 bits per heavy atom. The fraction of sp³-hybridized carbons (Fsp3) is 0. The van der Waals surface area contributed by atoms with Crippen molar-refractivity contribution >= 4 is 49.8 Å². The van der Waals surface area contributed by atoms with E-state index in [1.807, 2.05) is 12.1 Å². The maximum Gasteiger partial charge on any atom is 0.143 e. The van der Waals surface area contributed by atoms with Crippen LogP contribution in [0.2, 0.25) is 0 Å². The van der Waals surface area contributed by atoms with Crippen LogP contribution in [0.15, 0.2) is 192 Å². The molecule has 226 valence electrons. The monoisotopic (exact) mass is 613 g/mol. The predicted molar refractivity (Wildman–Crippen MR) is 202 cm³/mol. The second kappa shape index (κ2) is 11.8. The molecule has 0 saturated heterocycles. The van der Waals surface area contributed by atoms with Gasteiger partial charge in [0.05, 0.1) is 5.69 Å². The van der Waals surface area contributed by atoms with Gasteiger partial charge in [0, 0.05) is 32.9 Å². The molecule has 0 saturated carbocycles. The van der Waals surface area contributed by atoms with Gasteiger partial charge in [0.1, 0.15) is 11.2 Å². The summed E-state index contributed by atoms with van der Waals surface area (Å²) in [5, 5.41) is 4.49. The highest BCUT2D eigenvalue weighted by atomic mass is 16.3. The Hall–Kier alpha value is -6.38. The van der Waals surface area contributed by atoms with Crippen LogP contribution in [0.3, 0.4) is 0 Å². The molecule has 0 N–H and O–H groups in total. The first-order valence-corrected chi connectivity index (χ1v) is 16.4. The quantitative estimate of drug-likeness (QED) is 0.185. The molecule has 9 aromatic rings. The Bertz CT molecular complexity index is 2530. The van der Waals surface area contributed by atoms with E-state index in [1.54, 1.807) is 0 Å². The Kier molecular flexibility index (Phi) is 6.84. The van der Waals surface area contributed by atoms with E-state index in [9.17, 15) is 0 Å². The molecule has 0 aliphatic rings. The SMILES string of the molecule is c1ccc(-c2ccc(N(c3ccc(-c4ccccc4)c(-c4ccccc4)c3)c3cccc4c3ccc3c5ccccc5oc43)cc2)cc1. The van der Waals surface area contributed by atoms with E-state index in [0.717, 1.165) is 49.8 Å². The van der Waals surface area contributed by atoms with E-state index >= 15 is 0 Å². The van der Waals surface area contributed by atoms with E-state index in [0.29, 0.717) is 0 Å². The lowest BCUT2D eigenvalue weighted by molar-refractivity contribution is 0.672. The number of anilines is 3. The minimum absolute atomic E-state index is 0.905. The number of hydrogen-bond donors (Lipinski definition) is 0. The van der Waals surface area contributed by atoms with Crippen LogP contribution in [0, 0.1) is 0 Å². The first kappa shape index (κ1) is 27.9. The molecule has 1 aromatic heterocycles. The molecule has 0 amide bonds. The van der Waals surface area contributed by atoms with Gasteiger partial charge in [-0.05, 0) is 75.8 Å². The zero-order chi connectivity index (χ0) is 31.9. The lowest BCUT2D eigenvalue weighted by Crippen LogP contribution is -2.11. The molecule has 2 nitrogen and oxygen atoms in total. The highest BCUT2D eigenvalue weighted by Gasteiger charge is 2.20. The maximum absolute atomic E-state index is 6.50. The number of furan rings is 1. The van der Waals surface area contributed by atoms with Gasteiger partial charge in [0.2, 0.25) is 0 Å². The van der Waals surface area contributed by atoms with Crippen LogP contribution in [-0.4, -0.2) is 0 Å². The maximum atomic E-state index is 6.50. The van der Waals surface area contributed by atoms with Crippen molar-refractivity contribution in [3.05, 3.63) is 188 Å². The lowest BCUT2D eigenvalue weighted by Gasteiger charge is -2.28. The summed E-state index contributed by atoms with van der Waals surface area (Å²) in [6, 6.07) is 66.9. The van der Waals surface area contributed by atoms with Crippen LogP contribution in [-0.2, 0) is 0 Å². The van der Waals surface area contributed by atoms with Gasteiger partial charge in [-0.3, -0.25) is 0 Å². The highest BCUT2D eigenvalue weighted by molar-refractivity contribution is 6.17. The van der Waals surface area contributed by atoms with E-state index in [1.165, 1.54) is 33.4 Å². The van der Waals surface area contributed by atoms with Gasteiger partial charge in [0.15, 0.2) is 0 Å². The zero-order valence-corrected chi connectivity index (χ0v) is 26.3. The Labute approximate surface area is 279 Å². The summed E-state index contributed by atoms with van der Waals surface area (Å²) >= 11 is 0. The van der Waals surface area contributed by atoms with Gasteiger partial charge in [0.25, 0.3) is 0 Å². The van der Waals surface area contributed by atoms with Gasteiger partial charge in [-0.2, -0.15) is 0 Å². The van der Waals surface area contributed by atoms with Crippen LogP contribution >= 0.6 is 0 Å². The molecule has 0 fully saturated rings. The van der Waals surface area contributed by atoms with E-state index in [-0.39, 0.29) is 0 Å². The number of rotatable bonds is 6. The minimum Gasteiger partial charge on any atom is -0.455 e. The van der Waals surface area contributed by atoms with Gasteiger partial charge in [-0.1, -0.05) is 146 Å². The van der Waals surface area contributed by atoms with Crippen LogP contribution in [0.25, 0.3) is 66.1 Å². The Balaban J connectivity index is 1.28. The molecular formula is C46H31NO. The van der Waals surface area contributed by atoms with Crippen molar-refractivity contribution in [1.82, 2.24) is 0 Å². The molecule has 1 heterocycles. The third-order valence-corrected chi connectivity index (χ3v) is 9.28. The molecule has 0 aliphatic heterocycles. The summed E-state index contributed by atoms with van der Waals surface area (Å²) < 4.78 is 6.50. The molecule has 0 atom stereocenters. The zero-order valence-electron chi connectivity index (χ0n) is 26.3. The standard InChI is InChI=1S/C46H31NO/c1-4-13-32(14-5-1)33-23-25-36(26-24-33)47(37-27-28-38(34-15-6-2-7-16-34)43(31-37)35-17-8-3-9-18-35)44-21-12-20-41-39(44)29-30-42-40-19-10-11-22-45(40)48-46(41)42/h1-31H. The average molecular weight is 614 g/mol. The molecule has 8 aromatic carbocycles. The van der Waals surface area contributed by atoms with Crippen molar-refractivity contribution in [2.45, 2.75) is 0 Å². The highest BCUT2D eigenvalue weighted by Crippen LogP contribution is 2.45. The largest absolute Gasteiger partial charge is 0.455 e. The molecule has 2 heteroatoms. The summed E-state index contributed by atoms with van der Waals surface area (Å²) in [6.45, 7) is 0. The molecule has 48 heavy (non-hydrogen) atoms. The van der Waals surface area contributed by atoms with Crippen molar-refractivity contribution in [2.75, 3.05) is 4.90 Å². The van der Waals surface area contributed by atoms with Crippen LogP contribution in [0.5, 0.6) is 0 Å². The van der Waals surface area contributed by atoms with Crippen molar-refractivity contribution in [3.8, 4) is 33.4 Å². The summed E-state index contributed by atoms with van der Waals surface area (Å²) in [6.07, 6.45) is 0. The second-order valence-electron chi connectivity index (χ2n) is 12.1. The summed E-state index contributed by atoms with van der Waals surface area (Å²) in [5.41, 5.74) is 12.2. The molecule has 9 rings (SSSR count). The van der Waals surface area contributed by atoms with E-state index in [2.05, 4.69) is 181 Å². The predicted octanol–water partition coefficient (Wildman–Crippen LogP) is 13.2. The van der Waals surface area contributed by atoms with Crippen molar-refractivity contribution < 1.29 is 4.42 Å². The average Bonchev–Trinajstić information content (AvgIpc) is 3.56. The fourth-order valence-electron chi connectivity index (χ4n) is 6.98. The van der Waals surface area contributed by atoms with Gasteiger partial charge >= 0.3 is 0 Å². The van der Waals surface area contributed by atoms with E-state index < -0.39 is 0 Å². The van der Waals surface area contributed by atoms with Gasteiger partial charge in [-0.25, -0.2) is 0 Å². The Morgan fingerprint density at radius 2 is 0.875 bits per heavy atom. The Morgan fingerprint density at radius 3 is 1.60 bits per heavy atom. The topological polar surface area (TPSA) is 16.4 Å². The molecule has 0 aliphatic carbocycles. The first-order chi connectivity index (χ1) is 23.8. The molecule has 0 unspecified atom stereocenters. The second-order valence-corrected chi connectivity index (χ2v) is 12.1. The molecule has 0 radical (unpaired) electrons. The van der Waals surface area contributed by atoms with Crippen LogP contribution in [0.1, 0.15) is 0 Å². The molecule has 0 spiro atoms. The number of nitrogens with zero attached hydrogens (tertiary/aromatic N) is 1. The van der Waals surface area contributed by atoms with Crippen molar-refractivity contribution in [1.29, 1.82) is 0 Å². The lowest BCUT2D eigenvalue weighted by atomic mass is 9.93. The number of fused-ring (bicyclic) bond motifs is 5. The number of benzene rings is 8. The van der Waals surface area contributed by atoms with Crippen molar-refractivity contribution in [3.63, 3.8) is 0 Å². The normalized spacial score (nSPS) is 11.3.